The molecule has 0 radical (unpaired) electrons. The average molecular weight is 363 g/mol. The van der Waals surface area contributed by atoms with E-state index in [-0.39, 0.29) is 6.54 Å². The number of ether oxygens (including phenoxy) is 1. The highest BCUT2D eigenvalue weighted by Crippen LogP contribution is 2.33. The number of nitrogens with one attached hydrogen (secondary N) is 1. The summed E-state index contributed by atoms with van der Waals surface area (Å²) in [5, 5.41) is 12.4. The van der Waals surface area contributed by atoms with Gasteiger partial charge >= 0.3 is 12.2 Å². The van der Waals surface area contributed by atoms with E-state index in [0.717, 1.165) is 5.56 Å². The number of hydrogen-bond donors (Lipinski definition) is 2. The lowest BCUT2D eigenvalue weighted by Crippen LogP contribution is -2.33. The molecule has 2 N–H and O–H groups in total. The number of carbonyl (C=O) groups is 2. The van der Waals surface area contributed by atoms with Gasteiger partial charge in [0.15, 0.2) is 0 Å². The van der Waals surface area contributed by atoms with Gasteiger partial charge in [-0.25, -0.2) is 14.6 Å². The number of thiazole rings is 1. The third-order valence-corrected chi connectivity index (χ3v) is 3.97. The molecule has 8 heteroatoms. The summed E-state index contributed by atoms with van der Waals surface area (Å²) in [5.74, 6) is 0. The largest absolute Gasteiger partial charge is 0.465 e. The molecule has 0 spiro atoms. The standard InChI is InChI=1S/C17H21N3O4S/c1-17(2,3)24-16(23)20(4)10-12-18-13(11-8-6-5-7-9-11)14(25-12)19-15(21)22/h5-9,19H,10H2,1-4H3,(H,21,22). The fourth-order valence-electron chi connectivity index (χ4n) is 2.01. The number of carbonyl (C=O) groups excluding carboxylic acids is 1. The molecular formula is C17H21N3O4S. The molecule has 1 aromatic carbocycles. The Kier molecular flexibility index (Phi) is 5.63. The maximum absolute atomic E-state index is 12.1. The summed E-state index contributed by atoms with van der Waals surface area (Å²) < 4.78 is 5.31. The predicted molar refractivity (Wildman–Crippen MR) is 96.9 cm³/mol. The zero-order valence-electron chi connectivity index (χ0n) is 14.6. The first-order valence-electron chi connectivity index (χ1n) is 7.65. The molecule has 0 unspecified atom stereocenters. The van der Waals surface area contributed by atoms with Crippen molar-refractivity contribution in [3.05, 3.63) is 35.3 Å². The van der Waals surface area contributed by atoms with E-state index in [9.17, 15) is 9.59 Å². The predicted octanol–water partition coefficient (Wildman–Crippen LogP) is 4.27. The number of nitrogens with zero attached hydrogens (tertiary/aromatic N) is 2. The van der Waals surface area contributed by atoms with Crippen LogP contribution in [-0.2, 0) is 11.3 Å². The molecule has 0 aliphatic rings. The molecule has 134 valence electrons. The molecule has 0 saturated carbocycles. The number of rotatable bonds is 4. The second-order valence-corrected chi connectivity index (χ2v) is 7.50. The maximum atomic E-state index is 12.1. The molecule has 0 saturated heterocycles. The van der Waals surface area contributed by atoms with E-state index >= 15 is 0 Å². The molecule has 2 rings (SSSR count). The molecule has 1 aromatic heterocycles. The third kappa shape index (κ3) is 5.46. The summed E-state index contributed by atoms with van der Waals surface area (Å²) in [7, 11) is 1.61. The van der Waals surface area contributed by atoms with Crippen LogP contribution in [0.4, 0.5) is 14.6 Å². The van der Waals surface area contributed by atoms with Crippen molar-refractivity contribution in [3.8, 4) is 11.3 Å². The summed E-state index contributed by atoms with van der Waals surface area (Å²) in [6.45, 7) is 5.61. The lowest BCUT2D eigenvalue weighted by Gasteiger charge is -2.24. The Labute approximate surface area is 150 Å². The molecule has 0 aliphatic heterocycles. The fraction of sp³-hybridized carbons (Fsp3) is 0.353. The number of benzene rings is 1. The summed E-state index contributed by atoms with van der Waals surface area (Å²) in [6, 6.07) is 9.28. The molecule has 2 amide bonds. The van der Waals surface area contributed by atoms with Crippen molar-refractivity contribution in [1.29, 1.82) is 0 Å². The van der Waals surface area contributed by atoms with Gasteiger partial charge in [-0.3, -0.25) is 5.32 Å². The van der Waals surface area contributed by atoms with Crippen LogP contribution >= 0.6 is 11.3 Å². The Hall–Kier alpha value is -2.61. The highest BCUT2D eigenvalue weighted by Gasteiger charge is 2.22. The fourth-order valence-corrected chi connectivity index (χ4v) is 3.04. The molecule has 1 heterocycles. The minimum absolute atomic E-state index is 0.223. The molecule has 7 nitrogen and oxygen atoms in total. The van der Waals surface area contributed by atoms with Crippen molar-refractivity contribution in [2.75, 3.05) is 12.4 Å². The van der Waals surface area contributed by atoms with Crippen LogP contribution in [0.25, 0.3) is 11.3 Å². The minimum Gasteiger partial charge on any atom is -0.465 e. The molecule has 0 aliphatic carbocycles. The SMILES string of the molecule is CN(Cc1nc(-c2ccccc2)c(NC(=O)O)s1)C(=O)OC(C)(C)C. The van der Waals surface area contributed by atoms with Crippen molar-refractivity contribution in [2.45, 2.75) is 32.9 Å². The monoisotopic (exact) mass is 363 g/mol. The first-order valence-corrected chi connectivity index (χ1v) is 8.46. The second-order valence-electron chi connectivity index (χ2n) is 6.42. The lowest BCUT2D eigenvalue weighted by molar-refractivity contribution is 0.0285. The Morgan fingerprint density at radius 1 is 1.28 bits per heavy atom. The summed E-state index contributed by atoms with van der Waals surface area (Å²) in [6.07, 6.45) is -1.62. The van der Waals surface area contributed by atoms with E-state index in [4.69, 9.17) is 9.84 Å². The molecule has 25 heavy (non-hydrogen) atoms. The number of carboxylic acid groups (broad SMARTS) is 1. The van der Waals surface area contributed by atoms with Crippen molar-refractivity contribution < 1.29 is 19.4 Å². The van der Waals surface area contributed by atoms with E-state index in [2.05, 4.69) is 10.3 Å². The Balaban J connectivity index is 2.23. The van der Waals surface area contributed by atoms with Gasteiger partial charge in [0, 0.05) is 12.6 Å². The van der Waals surface area contributed by atoms with Gasteiger partial charge in [-0.05, 0) is 20.8 Å². The van der Waals surface area contributed by atoms with Crippen molar-refractivity contribution in [3.63, 3.8) is 0 Å². The average Bonchev–Trinajstić information content (AvgIpc) is 2.88. The van der Waals surface area contributed by atoms with E-state index < -0.39 is 17.8 Å². The Morgan fingerprint density at radius 2 is 1.92 bits per heavy atom. The van der Waals surface area contributed by atoms with Crippen LogP contribution in [0, 0.1) is 0 Å². The highest BCUT2D eigenvalue weighted by atomic mass is 32.1. The van der Waals surface area contributed by atoms with Crippen molar-refractivity contribution in [1.82, 2.24) is 9.88 Å². The van der Waals surface area contributed by atoms with E-state index in [1.807, 2.05) is 30.3 Å². The Morgan fingerprint density at radius 3 is 2.48 bits per heavy atom. The summed E-state index contributed by atoms with van der Waals surface area (Å²) in [5.41, 5.74) is 0.758. The first kappa shape index (κ1) is 18.7. The maximum Gasteiger partial charge on any atom is 0.410 e. The van der Waals surface area contributed by atoms with Crippen molar-refractivity contribution >= 4 is 28.5 Å². The number of amides is 2. The van der Waals surface area contributed by atoms with Gasteiger partial charge in [0.2, 0.25) is 0 Å². The molecular weight excluding hydrogens is 342 g/mol. The van der Waals surface area contributed by atoms with Crippen LogP contribution in [0.5, 0.6) is 0 Å². The van der Waals surface area contributed by atoms with Crippen LogP contribution in [0.3, 0.4) is 0 Å². The lowest BCUT2D eigenvalue weighted by atomic mass is 10.2. The van der Waals surface area contributed by atoms with E-state index in [0.29, 0.717) is 15.7 Å². The van der Waals surface area contributed by atoms with Crippen LogP contribution in [-0.4, -0.2) is 39.8 Å². The molecule has 0 fully saturated rings. The Bertz CT molecular complexity index is 753. The second kappa shape index (κ2) is 7.52. The summed E-state index contributed by atoms with van der Waals surface area (Å²) >= 11 is 1.19. The molecule has 2 aromatic rings. The van der Waals surface area contributed by atoms with Gasteiger partial charge in [-0.1, -0.05) is 41.7 Å². The first-order chi connectivity index (χ1) is 11.7. The number of anilines is 1. The topological polar surface area (TPSA) is 91.8 Å². The van der Waals surface area contributed by atoms with E-state index in [1.54, 1.807) is 27.8 Å². The van der Waals surface area contributed by atoms with Crippen LogP contribution < -0.4 is 5.32 Å². The number of aromatic nitrogens is 1. The van der Waals surface area contributed by atoms with Crippen molar-refractivity contribution in [2.24, 2.45) is 0 Å². The minimum atomic E-state index is -1.16. The summed E-state index contributed by atoms with van der Waals surface area (Å²) in [4.78, 5) is 29.0. The smallest absolute Gasteiger partial charge is 0.410 e. The van der Waals surface area contributed by atoms with Crippen LogP contribution in [0.15, 0.2) is 30.3 Å². The van der Waals surface area contributed by atoms with Gasteiger partial charge in [0.05, 0.1) is 6.54 Å². The van der Waals surface area contributed by atoms with Gasteiger partial charge in [0.25, 0.3) is 0 Å². The van der Waals surface area contributed by atoms with Crippen LogP contribution in [0.1, 0.15) is 25.8 Å². The zero-order valence-corrected chi connectivity index (χ0v) is 15.4. The quantitative estimate of drug-likeness (QED) is 0.846. The van der Waals surface area contributed by atoms with E-state index in [1.165, 1.54) is 16.2 Å². The normalized spacial score (nSPS) is 11.0. The van der Waals surface area contributed by atoms with Gasteiger partial charge in [-0.15, -0.1) is 0 Å². The van der Waals surface area contributed by atoms with Gasteiger partial charge in [0.1, 0.15) is 21.3 Å². The third-order valence-electron chi connectivity index (χ3n) is 3.02. The van der Waals surface area contributed by atoms with Gasteiger partial charge < -0.3 is 14.7 Å². The van der Waals surface area contributed by atoms with Gasteiger partial charge in [-0.2, -0.15) is 0 Å². The highest BCUT2D eigenvalue weighted by molar-refractivity contribution is 7.16. The molecule has 0 bridgehead atoms. The zero-order chi connectivity index (χ0) is 18.6. The van der Waals surface area contributed by atoms with Crippen LogP contribution in [0.2, 0.25) is 0 Å². The molecule has 0 atom stereocenters. The number of hydrogen-bond acceptors (Lipinski definition) is 5.